The lowest BCUT2D eigenvalue weighted by molar-refractivity contribution is -0.274. The van der Waals surface area contributed by atoms with Crippen LogP contribution in [0, 0.1) is 17.8 Å². The summed E-state index contributed by atoms with van der Waals surface area (Å²) < 4.78 is 40.8. The molecule has 0 aliphatic carbocycles. The number of alkyl halides is 3. The number of carbonyl (C=O) groups is 3. The van der Waals surface area contributed by atoms with Gasteiger partial charge in [0, 0.05) is 69.5 Å². The number of halogens is 3. The third-order valence-corrected chi connectivity index (χ3v) is 7.71. The molecule has 4 amide bonds. The average Bonchev–Trinajstić information content (AvgIpc) is 3.19. The Morgan fingerprint density at radius 2 is 1.63 bits per heavy atom. The molecule has 3 atom stereocenters. The van der Waals surface area contributed by atoms with Crippen molar-refractivity contribution in [2.75, 3.05) is 39.3 Å². The number of nitrogens with zero attached hydrogens (tertiary/aromatic N) is 4. The van der Waals surface area contributed by atoms with Crippen molar-refractivity contribution < 1.29 is 32.3 Å². The third-order valence-electron chi connectivity index (χ3n) is 7.71. The van der Waals surface area contributed by atoms with E-state index in [0.717, 1.165) is 18.6 Å². The number of piperidine rings is 1. The Balaban J connectivity index is 1.11. The van der Waals surface area contributed by atoms with E-state index in [9.17, 15) is 27.6 Å². The van der Waals surface area contributed by atoms with Gasteiger partial charge in [-0.05, 0) is 48.4 Å². The summed E-state index contributed by atoms with van der Waals surface area (Å²) >= 11 is 0. The molecule has 8 nitrogen and oxygen atoms in total. The van der Waals surface area contributed by atoms with Gasteiger partial charge in [-0.3, -0.25) is 9.59 Å². The Morgan fingerprint density at radius 3 is 2.29 bits per heavy atom. The number of likely N-dealkylation sites (tertiary alicyclic amines) is 3. The molecule has 0 radical (unpaired) electrons. The van der Waals surface area contributed by atoms with Crippen LogP contribution in [0.1, 0.15) is 24.8 Å². The molecule has 3 fully saturated rings. The summed E-state index contributed by atoms with van der Waals surface area (Å²) in [6.07, 6.45) is 3.82. The van der Waals surface area contributed by atoms with Gasteiger partial charge in [-0.15, -0.1) is 13.2 Å². The maximum absolute atomic E-state index is 13.2. The lowest BCUT2D eigenvalue weighted by Gasteiger charge is -2.36. The molecule has 11 heteroatoms. The Kier molecular flexibility index (Phi) is 7.27. The first-order valence-corrected chi connectivity index (χ1v) is 12.8. The first-order chi connectivity index (χ1) is 18.1. The van der Waals surface area contributed by atoms with Crippen LogP contribution in [-0.4, -0.2) is 83.9 Å². The minimum atomic E-state index is -4.75. The van der Waals surface area contributed by atoms with Gasteiger partial charge in [0.25, 0.3) is 5.91 Å². The fourth-order valence-corrected chi connectivity index (χ4v) is 5.71. The molecule has 0 N–H and O–H groups in total. The van der Waals surface area contributed by atoms with Gasteiger partial charge in [0.1, 0.15) is 5.75 Å². The molecule has 1 aromatic rings. The molecule has 202 valence electrons. The number of dihydropyridines is 1. The third kappa shape index (κ3) is 6.08. The largest absolute Gasteiger partial charge is 0.573 e. The monoisotopic (exact) mass is 530 g/mol. The van der Waals surface area contributed by atoms with E-state index in [2.05, 4.69) is 9.73 Å². The number of carbonyl (C=O) groups excluding carboxylic acids is 3. The molecule has 1 aromatic carbocycles. The molecule has 4 heterocycles. The van der Waals surface area contributed by atoms with Gasteiger partial charge in [-0.2, -0.15) is 0 Å². The summed E-state index contributed by atoms with van der Waals surface area (Å²) in [5.74, 6) is -0.0104. The minimum Gasteiger partial charge on any atom is -0.406 e. The number of hydrogen-bond donors (Lipinski definition) is 0. The van der Waals surface area contributed by atoms with E-state index in [1.54, 1.807) is 11.0 Å². The summed E-state index contributed by atoms with van der Waals surface area (Å²) in [6.45, 7) is 3.63. The zero-order valence-electron chi connectivity index (χ0n) is 20.8. The van der Waals surface area contributed by atoms with Crippen molar-refractivity contribution in [3.05, 3.63) is 48.1 Å². The van der Waals surface area contributed by atoms with Crippen molar-refractivity contribution in [1.29, 1.82) is 0 Å². The zero-order valence-corrected chi connectivity index (χ0v) is 20.8. The van der Waals surface area contributed by atoms with E-state index >= 15 is 0 Å². The highest BCUT2D eigenvalue weighted by Gasteiger charge is 2.40. The Hall–Kier alpha value is -3.63. The number of fused-ring (bicyclic) bond motifs is 2. The van der Waals surface area contributed by atoms with Crippen LogP contribution in [0.4, 0.5) is 18.0 Å². The first-order valence-electron chi connectivity index (χ1n) is 12.8. The molecule has 0 aromatic heterocycles. The van der Waals surface area contributed by atoms with Gasteiger partial charge < -0.3 is 19.4 Å². The fourth-order valence-electron chi connectivity index (χ4n) is 5.71. The number of benzene rings is 1. The van der Waals surface area contributed by atoms with Gasteiger partial charge in [-0.1, -0.05) is 18.2 Å². The van der Waals surface area contributed by atoms with Crippen LogP contribution in [-0.2, 0) is 9.59 Å². The predicted molar refractivity (Wildman–Crippen MR) is 133 cm³/mol. The van der Waals surface area contributed by atoms with E-state index in [1.807, 2.05) is 15.9 Å². The minimum absolute atomic E-state index is 0.0114. The molecule has 4 aliphatic heterocycles. The Morgan fingerprint density at radius 1 is 0.947 bits per heavy atom. The molecule has 3 saturated heterocycles. The molecular formula is C27H29F3N4O4. The topological polar surface area (TPSA) is 82.5 Å². The summed E-state index contributed by atoms with van der Waals surface area (Å²) in [4.78, 5) is 47.2. The maximum Gasteiger partial charge on any atom is 0.573 e. The van der Waals surface area contributed by atoms with Crippen molar-refractivity contribution in [1.82, 2.24) is 14.7 Å². The van der Waals surface area contributed by atoms with Gasteiger partial charge in [0.2, 0.25) is 5.91 Å². The molecule has 1 unspecified atom stereocenters. The molecule has 0 saturated carbocycles. The van der Waals surface area contributed by atoms with Gasteiger partial charge in [-0.25, -0.2) is 9.79 Å². The van der Waals surface area contributed by atoms with Crippen molar-refractivity contribution in [3.63, 3.8) is 0 Å². The number of hydrogen-bond acceptors (Lipinski definition) is 4. The number of rotatable bonds is 3. The normalized spacial score (nSPS) is 25.7. The van der Waals surface area contributed by atoms with Crippen LogP contribution in [0.25, 0.3) is 6.08 Å². The van der Waals surface area contributed by atoms with Crippen molar-refractivity contribution in [2.24, 2.45) is 22.7 Å². The smallest absolute Gasteiger partial charge is 0.406 e. The SMILES string of the molecule is O=C1C=CC2CN(C(=O)N3C[C@H]4CCN(C(=O)/C=C/c5ccc(OC(F)(F)F)cc5)CC[C@H]4C3)CCC2=N1. The van der Waals surface area contributed by atoms with Crippen molar-refractivity contribution in [2.45, 2.75) is 25.6 Å². The summed E-state index contributed by atoms with van der Waals surface area (Å²) in [5.41, 5.74) is 1.46. The van der Waals surface area contributed by atoms with Crippen LogP contribution in [0.3, 0.4) is 0 Å². The Bertz CT molecular complexity index is 1160. The summed E-state index contributed by atoms with van der Waals surface area (Å²) in [6, 6.07) is 5.37. The highest BCUT2D eigenvalue weighted by atomic mass is 19.4. The van der Waals surface area contributed by atoms with Crippen LogP contribution < -0.4 is 4.74 Å². The quantitative estimate of drug-likeness (QED) is 0.558. The first kappa shape index (κ1) is 26.0. The molecule has 4 aliphatic rings. The zero-order chi connectivity index (χ0) is 26.9. The second-order valence-corrected chi connectivity index (χ2v) is 10.2. The highest BCUT2D eigenvalue weighted by molar-refractivity contribution is 6.05. The number of ether oxygens (including phenoxy) is 1. The fraction of sp³-hybridized carbons (Fsp3) is 0.481. The van der Waals surface area contributed by atoms with E-state index in [0.29, 0.717) is 63.1 Å². The lowest BCUT2D eigenvalue weighted by atomic mass is 9.92. The van der Waals surface area contributed by atoms with Gasteiger partial charge in [0.15, 0.2) is 0 Å². The molecule has 5 rings (SSSR count). The number of urea groups is 1. The van der Waals surface area contributed by atoms with E-state index in [1.165, 1.54) is 36.4 Å². The van der Waals surface area contributed by atoms with Crippen LogP contribution in [0.15, 0.2) is 47.5 Å². The second-order valence-electron chi connectivity index (χ2n) is 10.2. The highest BCUT2D eigenvalue weighted by Crippen LogP contribution is 2.33. The number of aliphatic imine (C=N–C) groups is 1. The van der Waals surface area contributed by atoms with Crippen molar-refractivity contribution >= 4 is 29.6 Å². The number of amides is 4. The summed E-state index contributed by atoms with van der Waals surface area (Å²) in [5, 5.41) is 0. The van der Waals surface area contributed by atoms with Gasteiger partial charge in [0.05, 0.1) is 0 Å². The summed E-state index contributed by atoms with van der Waals surface area (Å²) in [7, 11) is 0. The molecular weight excluding hydrogens is 501 g/mol. The molecule has 38 heavy (non-hydrogen) atoms. The van der Waals surface area contributed by atoms with Gasteiger partial charge >= 0.3 is 12.4 Å². The van der Waals surface area contributed by atoms with Crippen LogP contribution >= 0.6 is 0 Å². The predicted octanol–water partition coefficient (Wildman–Crippen LogP) is 3.75. The van der Waals surface area contributed by atoms with Crippen molar-refractivity contribution in [3.8, 4) is 5.75 Å². The molecule has 0 bridgehead atoms. The second kappa shape index (κ2) is 10.6. The standard InChI is InChI=1S/C27H29F3N4O4/c28-27(29,30)38-22-5-1-18(2-6-22)3-8-25(36)32-12-9-19-15-34(16-20(19)10-13-32)26(37)33-14-11-23-21(17-33)4-7-24(35)31-23/h1-8,19-21H,9-17H2/b8-3+/t19-,20+,21?. The van der Waals surface area contributed by atoms with E-state index < -0.39 is 6.36 Å². The van der Waals surface area contributed by atoms with Crippen LogP contribution in [0.5, 0.6) is 5.75 Å². The van der Waals surface area contributed by atoms with E-state index in [4.69, 9.17) is 0 Å². The lowest BCUT2D eigenvalue weighted by Crippen LogP contribution is -2.49. The molecule has 0 spiro atoms. The Labute approximate surface area is 218 Å². The average molecular weight is 531 g/mol. The van der Waals surface area contributed by atoms with E-state index in [-0.39, 0.29) is 29.5 Å². The maximum atomic E-state index is 13.2. The van der Waals surface area contributed by atoms with Crippen LogP contribution in [0.2, 0.25) is 0 Å².